The fourth-order valence-corrected chi connectivity index (χ4v) is 2.10. The summed E-state index contributed by atoms with van der Waals surface area (Å²) in [4.78, 5) is 8.66. The van der Waals surface area contributed by atoms with Gasteiger partial charge >= 0.3 is 0 Å². The molecule has 0 bridgehead atoms. The SMILES string of the molecule is Cc1ncccc1-c1nc(C2CCCN2)no1. The van der Waals surface area contributed by atoms with E-state index in [1.165, 1.54) is 6.42 Å². The lowest BCUT2D eigenvalue weighted by molar-refractivity contribution is 0.412. The lowest BCUT2D eigenvalue weighted by atomic mass is 10.2. The molecule has 17 heavy (non-hydrogen) atoms. The van der Waals surface area contributed by atoms with Crippen molar-refractivity contribution in [2.45, 2.75) is 25.8 Å². The van der Waals surface area contributed by atoms with Crippen LogP contribution in [-0.4, -0.2) is 21.7 Å². The van der Waals surface area contributed by atoms with E-state index in [2.05, 4.69) is 20.4 Å². The third-order valence-electron chi connectivity index (χ3n) is 3.05. The zero-order chi connectivity index (χ0) is 11.7. The Morgan fingerprint density at radius 1 is 1.47 bits per heavy atom. The van der Waals surface area contributed by atoms with Crippen LogP contribution in [0.4, 0.5) is 0 Å². The maximum Gasteiger partial charge on any atom is 0.259 e. The summed E-state index contributed by atoms with van der Waals surface area (Å²) in [5, 5.41) is 7.39. The molecule has 1 atom stereocenters. The molecule has 3 rings (SSSR count). The Balaban J connectivity index is 1.92. The average Bonchev–Trinajstić information content (AvgIpc) is 3.00. The van der Waals surface area contributed by atoms with Crippen LogP contribution < -0.4 is 5.32 Å². The monoisotopic (exact) mass is 230 g/mol. The molecule has 0 amide bonds. The molecule has 0 radical (unpaired) electrons. The van der Waals surface area contributed by atoms with Crippen molar-refractivity contribution in [2.75, 3.05) is 6.54 Å². The highest BCUT2D eigenvalue weighted by Crippen LogP contribution is 2.24. The van der Waals surface area contributed by atoms with Crippen LogP contribution in [-0.2, 0) is 0 Å². The van der Waals surface area contributed by atoms with Crippen LogP contribution in [0.2, 0.25) is 0 Å². The molecular formula is C12H14N4O. The van der Waals surface area contributed by atoms with Crippen LogP contribution in [0.15, 0.2) is 22.9 Å². The van der Waals surface area contributed by atoms with Crippen molar-refractivity contribution in [3.63, 3.8) is 0 Å². The molecule has 1 saturated heterocycles. The Morgan fingerprint density at radius 3 is 3.18 bits per heavy atom. The van der Waals surface area contributed by atoms with Crippen molar-refractivity contribution in [3.05, 3.63) is 29.8 Å². The maximum absolute atomic E-state index is 5.30. The predicted octanol–water partition coefficient (Wildman–Crippen LogP) is 1.86. The van der Waals surface area contributed by atoms with Gasteiger partial charge in [-0.25, -0.2) is 0 Å². The molecular weight excluding hydrogens is 216 g/mol. The second-order valence-corrected chi connectivity index (χ2v) is 4.24. The number of aryl methyl sites for hydroxylation is 1. The van der Waals surface area contributed by atoms with Crippen molar-refractivity contribution < 1.29 is 4.52 Å². The fourth-order valence-electron chi connectivity index (χ4n) is 2.10. The molecule has 5 nitrogen and oxygen atoms in total. The highest BCUT2D eigenvalue weighted by atomic mass is 16.5. The number of nitrogens with zero attached hydrogens (tertiary/aromatic N) is 3. The summed E-state index contributed by atoms with van der Waals surface area (Å²) in [7, 11) is 0. The molecule has 88 valence electrons. The third kappa shape index (κ3) is 1.93. The summed E-state index contributed by atoms with van der Waals surface area (Å²) >= 11 is 0. The van der Waals surface area contributed by atoms with Gasteiger partial charge in [0.15, 0.2) is 5.82 Å². The van der Waals surface area contributed by atoms with Gasteiger partial charge in [0.05, 0.1) is 11.6 Å². The van der Waals surface area contributed by atoms with Gasteiger partial charge < -0.3 is 9.84 Å². The van der Waals surface area contributed by atoms with Crippen LogP contribution in [0.3, 0.4) is 0 Å². The second kappa shape index (κ2) is 4.25. The van der Waals surface area contributed by atoms with Crippen molar-refractivity contribution in [2.24, 2.45) is 0 Å². The fraction of sp³-hybridized carbons (Fsp3) is 0.417. The third-order valence-corrected chi connectivity index (χ3v) is 3.05. The normalized spacial score (nSPS) is 19.7. The van der Waals surface area contributed by atoms with E-state index in [0.29, 0.717) is 5.89 Å². The molecule has 3 heterocycles. The second-order valence-electron chi connectivity index (χ2n) is 4.24. The van der Waals surface area contributed by atoms with Gasteiger partial charge in [-0.15, -0.1) is 0 Å². The van der Waals surface area contributed by atoms with E-state index in [0.717, 1.165) is 30.0 Å². The maximum atomic E-state index is 5.30. The summed E-state index contributed by atoms with van der Waals surface area (Å²) in [6.45, 7) is 2.97. The molecule has 2 aromatic heterocycles. The van der Waals surface area contributed by atoms with Crippen molar-refractivity contribution in [1.29, 1.82) is 0 Å². The van der Waals surface area contributed by atoms with Gasteiger partial charge in [0, 0.05) is 11.9 Å². The predicted molar refractivity (Wildman–Crippen MR) is 62.2 cm³/mol. The first kappa shape index (κ1) is 10.4. The first-order chi connectivity index (χ1) is 8.34. The minimum atomic E-state index is 0.240. The topological polar surface area (TPSA) is 63.8 Å². The Hall–Kier alpha value is -1.75. The highest BCUT2D eigenvalue weighted by Gasteiger charge is 2.22. The number of pyridine rings is 1. The first-order valence-electron chi connectivity index (χ1n) is 5.83. The Bertz CT molecular complexity index is 517. The van der Waals surface area contributed by atoms with Crippen molar-refractivity contribution in [1.82, 2.24) is 20.4 Å². The van der Waals surface area contributed by atoms with Crippen LogP contribution >= 0.6 is 0 Å². The van der Waals surface area contributed by atoms with Crippen LogP contribution in [0.1, 0.15) is 30.4 Å². The standard InChI is InChI=1S/C12H14N4O/c1-8-9(4-2-6-13-8)12-15-11(16-17-12)10-5-3-7-14-10/h2,4,6,10,14H,3,5,7H2,1H3. The molecule has 1 unspecified atom stereocenters. The van der Waals surface area contributed by atoms with E-state index in [-0.39, 0.29) is 6.04 Å². The molecule has 0 aromatic carbocycles. The Kier molecular flexibility index (Phi) is 2.60. The number of hydrogen-bond donors (Lipinski definition) is 1. The number of nitrogens with one attached hydrogen (secondary N) is 1. The molecule has 2 aromatic rings. The number of rotatable bonds is 2. The molecule has 1 aliphatic heterocycles. The number of aromatic nitrogens is 3. The summed E-state index contributed by atoms with van der Waals surface area (Å²) in [5.74, 6) is 1.31. The molecule has 0 spiro atoms. The van der Waals surface area contributed by atoms with Gasteiger partial charge in [0.1, 0.15) is 0 Å². The lowest BCUT2D eigenvalue weighted by Gasteiger charge is -2.01. The van der Waals surface area contributed by atoms with Gasteiger partial charge in [0.2, 0.25) is 0 Å². The Morgan fingerprint density at radius 2 is 2.41 bits per heavy atom. The van der Waals surface area contributed by atoms with Crippen LogP contribution in [0.5, 0.6) is 0 Å². The van der Waals surface area contributed by atoms with Crippen LogP contribution in [0, 0.1) is 6.92 Å². The van der Waals surface area contributed by atoms with Crippen molar-refractivity contribution >= 4 is 0 Å². The molecule has 5 heteroatoms. The van der Waals surface area contributed by atoms with E-state index in [4.69, 9.17) is 4.52 Å². The first-order valence-corrected chi connectivity index (χ1v) is 5.83. The van der Waals surface area contributed by atoms with E-state index >= 15 is 0 Å². The largest absolute Gasteiger partial charge is 0.334 e. The van der Waals surface area contributed by atoms with Gasteiger partial charge in [0.25, 0.3) is 5.89 Å². The quantitative estimate of drug-likeness (QED) is 0.853. The van der Waals surface area contributed by atoms with E-state index in [9.17, 15) is 0 Å². The minimum Gasteiger partial charge on any atom is -0.334 e. The van der Waals surface area contributed by atoms with E-state index < -0.39 is 0 Å². The molecule has 0 aliphatic carbocycles. The summed E-state index contributed by atoms with van der Waals surface area (Å²) in [6, 6.07) is 4.06. The Labute approximate surface area is 99.3 Å². The van der Waals surface area contributed by atoms with Gasteiger partial charge in [-0.3, -0.25) is 4.98 Å². The zero-order valence-electron chi connectivity index (χ0n) is 9.68. The van der Waals surface area contributed by atoms with Crippen LogP contribution in [0.25, 0.3) is 11.5 Å². The molecule has 0 saturated carbocycles. The summed E-state index contributed by atoms with van der Waals surface area (Å²) in [6.07, 6.45) is 4.00. The highest BCUT2D eigenvalue weighted by molar-refractivity contribution is 5.55. The average molecular weight is 230 g/mol. The zero-order valence-corrected chi connectivity index (χ0v) is 9.68. The number of hydrogen-bond acceptors (Lipinski definition) is 5. The summed E-state index contributed by atoms with van der Waals surface area (Å²) in [5.41, 5.74) is 1.81. The van der Waals surface area contributed by atoms with Gasteiger partial charge in [-0.05, 0) is 38.4 Å². The molecule has 1 fully saturated rings. The lowest BCUT2D eigenvalue weighted by Crippen LogP contribution is -2.14. The van der Waals surface area contributed by atoms with Gasteiger partial charge in [-0.1, -0.05) is 5.16 Å². The van der Waals surface area contributed by atoms with E-state index in [1.807, 2.05) is 19.1 Å². The molecule has 1 N–H and O–H groups in total. The minimum absolute atomic E-state index is 0.240. The van der Waals surface area contributed by atoms with Crippen molar-refractivity contribution in [3.8, 4) is 11.5 Å². The summed E-state index contributed by atoms with van der Waals surface area (Å²) < 4.78 is 5.30. The van der Waals surface area contributed by atoms with E-state index in [1.54, 1.807) is 6.20 Å². The van der Waals surface area contributed by atoms with Gasteiger partial charge in [-0.2, -0.15) is 4.98 Å². The molecule has 1 aliphatic rings. The smallest absolute Gasteiger partial charge is 0.259 e.